The predicted octanol–water partition coefficient (Wildman–Crippen LogP) is 3.23. The van der Waals surface area contributed by atoms with E-state index in [2.05, 4.69) is 5.32 Å². The molecule has 1 N–H and O–H groups in total. The number of likely N-dealkylation sites (tertiary alicyclic amines) is 1. The second-order valence-electron chi connectivity index (χ2n) is 7.41. The van der Waals surface area contributed by atoms with Gasteiger partial charge in [-0.3, -0.25) is 14.4 Å². The molecule has 2 aromatic rings. The van der Waals surface area contributed by atoms with Crippen LogP contribution in [0.25, 0.3) is 0 Å². The van der Waals surface area contributed by atoms with Crippen LogP contribution in [0.2, 0.25) is 5.02 Å². The molecule has 0 spiro atoms. The van der Waals surface area contributed by atoms with Gasteiger partial charge in [-0.15, -0.1) is 0 Å². The van der Waals surface area contributed by atoms with Crippen molar-refractivity contribution in [3.8, 4) is 0 Å². The molecule has 2 amide bonds. The van der Waals surface area contributed by atoms with Crippen LogP contribution < -0.4 is 5.32 Å². The monoisotopic (exact) mass is 446 g/mol. The van der Waals surface area contributed by atoms with Gasteiger partial charge in [0.15, 0.2) is 6.61 Å². The van der Waals surface area contributed by atoms with Crippen LogP contribution >= 0.6 is 11.6 Å². The summed E-state index contributed by atoms with van der Waals surface area (Å²) in [5, 5.41) is 3.38. The van der Waals surface area contributed by atoms with Gasteiger partial charge in [0, 0.05) is 30.2 Å². The molecule has 164 valence electrons. The third-order valence-electron chi connectivity index (χ3n) is 5.20. The van der Waals surface area contributed by atoms with Gasteiger partial charge in [0.1, 0.15) is 5.82 Å². The molecule has 1 heterocycles. The molecule has 8 heteroatoms. The Balaban J connectivity index is 1.34. The highest BCUT2D eigenvalue weighted by molar-refractivity contribution is 6.30. The van der Waals surface area contributed by atoms with Crippen molar-refractivity contribution in [3.63, 3.8) is 0 Å². The molecule has 0 saturated carbocycles. The highest BCUT2D eigenvalue weighted by Gasteiger charge is 2.29. The molecule has 1 fully saturated rings. The lowest BCUT2D eigenvalue weighted by Crippen LogP contribution is -2.41. The van der Waals surface area contributed by atoms with Crippen molar-refractivity contribution in [1.29, 1.82) is 0 Å². The van der Waals surface area contributed by atoms with E-state index in [1.54, 1.807) is 17.0 Å². The van der Waals surface area contributed by atoms with Gasteiger partial charge in [-0.1, -0.05) is 23.7 Å². The summed E-state index contributed by atoms with van der Waals surface area (Å²) in [6, 6.07) is 12.8. The Kier molecular flexibility index (Phi) is 8.00. The zero-order chi connectivity index (χ0) is 22.2. The Morgan fingerprint density at radius 3 is 2.32 bits per heavy atom. The third-order valence-corrected chi connectivity index (χ3v) is 5.45. The lowest BCUT2D eigenvalue weighted by atomic mass is 9.96. The number of ether oxygens (including phenoxy) is 1. The van der Waals surface area contributed by atoms with Crippen molar-refractivity contribution < 1.29 is 23.5 Å². The first-order valence-corrected chi connectivity index (χ1v) is 10.5. The summed E-state index contributed by atoms with van der Waals surface area (Å²) in [6.07, 6.45) is 1.57. The van der Waals surface area contributed by atoms with Crippen LogP contribution in [0.15, 0.2) is 48.5 Å². The Bertz CT molecular complexity index is 910. The Morgan fingerprint density at radius 2 is 1.68 bits per heavy atom. The molecule has 0 bridgehead atoms. The van der Waals surface area contributed by atoms with E-state index in [1.165, 1.54) is 24.3 Å². The van der Waals surface area contributed by atoms with Crippen LogP contribution in [-0.2, 0) is 20.7 Å². The summed E-state index contributed by atoms with van der Waals surface area (Å²) in [4.78, 5) is 38.3. The molecular weight excluding hydrogens is 423 g/mol. The molecule has 0 aromatic heterocycles. The van der Waals surface area contributed by atoms with Crippen LogP contribution in [0.5, 0.6) is 0 Å². The number of amides is 2. The molecule has 6 nitrogen and oxygen atoms in total. The minimum atomic E-state index is -0.429. The number of benzene rings is 2. The summed E-state index contributed by atoms with van der Waals surface area (Å²) in [5.41, 5.74) is 1.46. The average molecular weight is 447 g/mol. The van der Waals surface area contributed by atoms with E-state index in [0.717, 1.165) is 5.56 Å². The third kappa shape index (κ3) is 6.79. The lowest BCUT2D eigenvalue weighted by Gasteiger charge is -2.31. The number of hydrogen-bond acceptors (Lipinski definition) is 4. The molecule has 2 aromatic carbocycles. The fraction of sp³-hybridized carbons (Fsp3) is 0.348. The highest BCUT2D eigenvalue weighted by atomic mass is 35.5. The first-order chi connectivity index (χ1) is 14.9. The highest BCUT2D eigenvalue weighted by Crippen LogP contribution is 2.20. The molecular formula is C23H24ClFN2O4. The van der Waals surface area contributed by atoms with Crippen molar-refractivity contribution in [2.45, 2.75) is 19.3 Å². The number of rotatable bonds is 7. The van der Waals surface area contributed by atoms with Gasteiger partial charge in [-0.05, 0) is 61.2 Å². The minimum Gasteiger partial charge on any atom is -0.455 e. The summed E-state index contributed by atoms with van der Waals surface area (Å²) in [5.74, 6) is -1.72. The van der Waals surface area contributed by atoms with Crippen molar-refractivity contribution in [2.75, 3.05) is 26.2 Å². The molecule has 0 atom stereocenters. The van der Waals surface area contributed by atoms with E-state index in [4.69, 9.17) is 16.3 Å². The van der Waals surface area contributed by atoms with Crippen molar-refractivity contribution in [3.05, 3.63) is 70.5 Å². The smallest absolute Gasteiger partial charge is 0.309 e. The van der Waals surface area contributed by atoms with E-state index >= 15 is 0 Å². The lowest BCUT2D eigenvalue weighted by molar-refractivity contribution is -0.153. The molecule has 31 heavy (non-hydrogen) atoms. The first kappa shape index (κ1) is 22.7. The van der Waals surface area contributed by atoms with Gasteiger partial charge in [0.25, 0.3) is 11.8 Å². The summed E-state index contributed by atoms with van der Waals surface area (Å²) >= 11 is 5.84. The van der Waals surface area contributed by atoms with E-state index in [1.807, 2.05) is 12.1 Å². The van der Waals surface area contributed by atoms with Gasteiger partial charge in [-0.25, -0.2) is 4.39 Å². The normalized spacial score (nSPS) is 14.2. The summed E-state index contributed by atoms with van der Waals surface area (Å²) in [7, 11) is 0. The molecule has 1 saturated heterocycles. The topological polar surface area (TPSA) is 75.7 Å². The van der Waals surface area contributed by atoms with Crippen LogP contribution in [0, 0.1) is 11.7 Å². The Hall–Kier alpha value is -2.93. The second-order valence-corrected chi connectivity index (χ2v) is 7.84. The predicted molar refractivity (Wildman–Crippen MR) is 114 cm³/mol. The SMILES string of the molecule is O=C(COC(=O)C1CCN(C(=O)c2ccc(F)cc2)CC1)NCCc1ccc(Cl)cc1. The van der Waals surface area contributed by atoms with E-state index < -0.39 is 11.8 Å². The quantitative estimate of drug-likeness (QED) is 0.662. The Morgan fingerprint density at radius 1 is 1.03 bits per heavy atom. The average Bonchev–Trinajstić information content (AvgIpc) is 2.79. The van der Waals surface area contributed by atoms with Crippen LogP contribution in [0.3, 0.4) is 0 Å². The second kappa shape index (κ2) is 10.9. The molecule has 0 radical (unpaired) electrons. The van der Waals surface area contributed by atoms with Gasteiger partial charge in [-0.2, -0.15) is 0 Å². The summed E-state index contributed by atoms with van der Waals surface area (Å²) < 4.78 is 18.2. The van der Waals surface area contributed by atoms with Crippen LogP contribution in [0.1, 0.15) is 28.8 Å². The summed E-state index contributed by atoms with van der Waals surface area (Å²) in [6.45, 7) is 0.919. The molecule has 1 aliphatic rings. The van der Waals surface area contributed by atoms with Gasteiger partial charge in [0.2, 0.25) is 0 Å². The number of nitrogens with zero attached hydrogens (tertiary/aromatic N) is 1. The fourth-order valence-corrected chi connectivity index (χ4v) is 3.52. The fourth-order valence-electron chi connectivity index (χ4n) is 3.40. The van der Waals surface area contributed by atoms with E-state index in [-0.39, 0.29) is 24.3 Å². The van der Waals surface area contributed by atoms with Crippen molar-refractivity contribution in [2.24, 2.45) is 5.92 Å². The van der Waals surface area contributed by atoms with Gasteiger partial charge in [0.05, 0.1) is 5.92 Å². The van der Waals surface area contributed by atoms with Crippen molar-refractivity contribution >= 4 is 29.4 Å². The molecule has 0 unspecified atom stereocenters. The van der Waals surface area contributed by atoms with Gasteiger partial charge < -0.3 is 15.0 Å². The van der Waals surface area contributed by atoms with Crippen LogP contribution in [-0.4, -0.2) is 48.9 Å². The molecule has 1 aliphatic heterocycles. The standard InChI is InChI=1S/C23H24ClFN2O4/c24-19-5-1-16(2-6-19)9-12-26-21(28)15-31-23(30)18-10-13-27(14-11-18)22(29)17-3-7-20(25)8-4-17/h1-8,18H,9-15H2,(H,26,28). The molecule has 0 aliphatic carbocycles. The number of carbonyl (C=O) groups is 3. The largest absolute Gasteiger partial charge is 0.455 e. The number of carbonyl (C=O) groups excluding carboxylic acids is 3. The zero-order valence-electron chi connectivity index (χ0n) is 17.0. The maximum absolute atomic E-state index is 13.0. The number of piperidine rings is 1. The van der Waals surface area contributed by atoms with Gasteiger partial charge >= 0.3 is 5.97 Å². The van der Waals surface area contributed by atoms with Crippen molar-refractivity contribution in [1.82, 2.24) is 10.2 Å². The number of esters is 1. The maximum atomic E-state index is 13.0. The number of hydrogen-bond donors (Lipinski definition) is 1. The molecule has 3 rings (SSSR count). The Labute approximate surface area is 185 Å². The van der Waals surface area contributed by atoms with E-state index in [9.17, 15) is 18.8 Å². The minimum absolute atomic E-state index is 0.188. The zero-order valence-corrected chi connectivity index (χ0v) is 17.7. The van der Waals surface area contributed by atoms with E-state index in [0.29, 0.717) is 49.5 Å². The maximum Gasteiger partial charge on any atom is 0.309 e. The van der Waals surface area contributed by atoms with Crippen LogP contribution in [0.4, 0.5) is 4.39 Å². The number of nitrogens with one attached hydrogen (secondary N) is 1. The first-order valence-electron chi connectivity index (χ1n) is 10.1. The number of halogens is 2.